The average molecular weight is 263 g/mol. The number of methoxy groups -OCH3 is 1. The molecule has 0 aliphatic heterocycles. The summed E-state index contributed by atoms with van der Waals surface area (Å²) >= 11 is 0. The molecule has 0 spiro atoms. The molecule has 0 atom stereocenters. The molecular formula is C14H17NO4. The van der Waals surface area contributed by atoms with E-state index in [9.17, 15) is 14.4 Å². The van der Waals surface area contributed by atoms with Crippen LogP contribution >= 0.6 is 0 Å². The Kier molecular flexibility index (Phi) is 5.23. The lowest BCUT2D eigenvalue weighted by Crippen LogP contribution is -2.31. The quantitative estimate of drug-likeness (QED) is 0.600. The number of anilines is 1. The second-order valence-corrected chi connectivity index (χ2v) is 4.06. The van der Waals surface area contributed by atoms with E-state index in [-0.39, 0.29) is 18.1 Å². The van der Waals surface area contributed by atoms with E-state index >= 15 is 0 Å². The summed E-state index contributed by atoms with van der Waals surface area (Å²) in [4.78, 5) is 35.7. The van der Waals surface area contributed by atoms with Gasteiger partial charge in [0.25, 0.3) is 0 Å². The number of hydrogen-bond acceptors (Lipinski definition) is 4. The van der Waals surface area contributed by atoms with E-state index in [2.05, 4.69) is 4.74 Å². The standard InChI is InChI=1S/C14H17NO4/c1-4-15(13(17)9-10(2)16)12-7-5-11(6-8-12)14(18)19-3/h5-8H,4,9H2,1-3H3. The van der Waals surface area contributed by atoms with Gasteiger partial charge in [-0.2, -0.15) is 0 Å². The third-order valence-corrected chi connectivity index (χ3v) is 2.62. The first-order chi connectivity index (χ1) is 8.99. The lowest BCUT2D eigenvalue weighted by Gasteiger charge is -2.20. The number of ether oxygens (including phenoxy) is 1. The van der Waals surface area contributed by atoms with Gasteiger partial charge in [0.2, 0.25) is 5.91 Å². The maximum Gasteiger partial charge on any atom is 0.337 e. The zero-order valence-electron chi connectivity index (χ0n) is 11.3. The monoisotopic (exact) mass is 263 g/mol. The van der Waals surface area contributed by atoms with Gasteiger partial charge in [-0.05, 0) is 38.1 Å². The summed E-state index contributed by atoms with van der Waals surface area (Å²) in [5, 5.41) is 0. The van der Waals surface area contributed by atoms with Crippen LogP contribution in [0.1, 0.15) is 30.6 Å². The van der Waals surface area contributed by atoms with Crippen molar-refractivity contribution in [3.05, 3.63) is 29.8 Å². The number of benzene rings is 1. The van der Waals surface area contributed by atoms with E-state index in [0.29, 0.717) is 17.8 Å². The van der Waals surface area contributed by atoms with Gasteiger partial charge in [-0.3, -0.25) is 9.59 Å². The molecule has 1 rings (SSSR count). The van der Waals surface area contributed by atoms with Gasteiger partial charge in [-0.25, -0.2) is 4.79 Å². The molecule has 5 nitrogen and oxygen atoms in total. The van der Waals surface area contributed by atoms with Gasteiger partial charge in [0.1, 0.15) is 5.78 Å². The van der Waals surface area contributed by atoms with Crippen molar-refractivity contribution >= 4 is 23.3 Å². The van der Waals surface area contributed by atoms with Crippen molar-refractivity contribution in [2.75, 3.05) is 18.6 Å². The first-order valence-corrected chi connectivity index (χ1v) is 5.97. The van der Waals surface area contributed by atoms with Crippen molar-refractivity contribution in [1.29, 1.82) is 0 Å². The maximum atomic E-state index is 11.9. The molecule has 0 aliphatic carbocycles. The van der Waals surface area contributed by atoms with Crippen LogP contribution in [0, 0.1) is 0 Å². The van der Waals surface area contributed by atoms with Crippen LogP contribution in [0.5, 0.6) is 0 Å². The minimum atomic E-state index is -0.426. The van der Waals surface area contributed by atoms with Crippen LogP contribution in [-0.2, 0) is 14.3 Å². The summed E-state index contributed by atoms with van der Waals surface area (Å²) < 4.78 is 4.60. The minimum absolute atomic E-state index is 0.118. The predicted molar refractivity (Wildman–Crippen MR) is 71.1 cm³/mol. The van der Waals surface area contributed by atoms with Gasteiger partial charge in [0.15, 0.2) is 0 Å². The largest absolute Gasteiger partial charge is 0.465 e. The van der Waals surface area contributed by atoms with Gasteiger partial charge in [-0.15, -0.1) is 0 Å². The fourth-order valence-electron chi connectivity index (χ4n) is 1.71. The highest BCUT2D eigenvalue weighted by Crippen LogP contribution is 2.16. The molecule has 19 heavy (non-hydrogen) atoms. The maximum absolute atomic E-state index is 11.9. The Balaban J connectivity index is 2.90. The summed E-state index contributed by atoms with van der Waals surface area (Å²) in [7, 11) is 1.31. The summed E-state index contributed by atoms with van der Waals surface area (Å²) in [5.74, 6) is -0.847. The molecule has 0 aliphatic rings. The highest BCUT2D eigenvalue weighted by Gasteiger charge is 2.16. The third kappa shape index (κ3) is 3.91. The molecule has 0 saturated heterocycles. The second kappa shape index (κ2) is 6.68. The van der Waals surface area contributed by atoms with Crippen LogP contribution in [0.2, 0.25) is 0 Å². The Morgan fingerprint density at radius 1 is 1.16 bits per heavy atom. The first kappa shape index (κ1) is 14.9. The number of rotatable bonds is 5. The highest BCUT2D eigenvalue weighted by molar-refractivity contribution is 6.05. The van der Waals surface area contributed by atoms with Crippen molar-refractivity contribution in [1.82, 2.24) is 0 Å². The zero-order chi connectivity index (χ0) is 14.4. The zero-order valence-corrected chi connectivity index (χ0v) is 11.3. The molecule has 0 saturated carbocycles. The molecule has 1 aromatic rings. The van der Waals surface area contributed by atoms with Crippen molar-refractivity contribution in [3.8, 4) is 0 Å². The van der Waals surface area contributed by atoms with Crippen molar-refractivity contribution in [2.45, 2.75) is 20.3 Å². The topological polar surface area (TPSA) is 63.7 Å². The number of ketones is 1. The number of hydrogen-bond donors (Lipinski definition) is 0. The van der Waals surface area contributed by atoms with Gasteiger partial charge in [0, 0.05) is 12.2 Å². The first-order valence-electron chi connectivity index (χ1n) is 5.97. The molecule has 0 unspecified atom stereocenters. The number of amides is 1. The van der Waals surface area contributed by atoms with Crippen LogP contribution in [0.4, 0.5) is 5.69 Å². The summed E-state index contributed by atoms with van der Waals surface area (Å²) in [6.07, 6.45) is -0.118. The van der Waals surface area contributed by atoms with Gasteiger partial charge >= 0.3 is 5.97 Å². The molecule has 0 aromatic heterocycles. The number of esters is 1. The molecule has 5 heteroatoms. The Bertz CT molecular complexity index is 479. The SMILES string of the molecule is CCN(C(=O)CC(C)=O)c1ccc(C(=O)OC)cc1. The van der Waals surface area contributed by atoms with E-state index in [1.807, 2.05) is 6.92 Å². The fraction of sp³-hybridized carbons (Fsp3) is 0.357. The number of carbonyl (C=O) groups is 3. The normalized spacial score (nSPS) is 9.84. The minimum Gasteiger partial charge on any atom is -0.465 e. The molecule has 0 N–H and O–H groups in total. The Labute approximate surface area is 112 Å². The summed E-state index contributed by atoms with van der Waals surface area (Å²) in [6.45, 7) is 3.67. The van der Waals surface area contributed by atoms with Gasteiger partial charge < -0.3 is 9.64 Å². The second-order valence-electron chi connectivity index (χ2n) is 4.06. The van der Waals surface area contributed by atoms with Gasteiger partial charge in [0.05, 0.1) is 19.1 Å². The molecular weight excluding hydrogens is 246 g/mol. The van der Waals surface area contributed by atoms with E-state index < -0.39 is 5.97 Å². The lowest BCUT2D eigenvalue weighted by atomic mass is 10.2. The van der Waals surface area contributed by atoms with E-state index in [1.165, 1.54) is 18.9 Å². The Morgan fingerprint density at radius 3 is 2.16 bits per heavy atom. The Morgan fingerprint density at radius 2 is 1.74 bits per heavy atom. The van der Waals surface area contributed by atoms with Crippen LogP contribution in [0.3, 0.4) is 0 Å². The van der Waals surface area contributed by atoms with Crippen LogP contribution in [-0.4, -0.2) is 31.3 Å². The van der Waals surface area contributed by atoms with Crippen molar-refractivity contribution in [3.63, 3.8) is 0 Å². The van der Waals surface area contributed by atoms with E-state index in [4.69, 9.17) is 0 Å². The summed E-state index contributed by atoms with van der Waals surface area (Å²) in [5.41, 5.74) is 1.07. The smallest absolute Gasteiger partial charge is 0.337 e. The number of nitrogens with zero attached hydrogens (tertiary/aromatic N) is 1. The molecule has 102 valence electrons. The van der Waals surface area contributed by atoms with Crippen LogP contribution < -0.4 is 4.90 Å². The fourth-order valence-corrected chi connectivity index (χ4v) is 1.71. The molecule has 0 radical (unpaired) electrons. The molecule has 1 amide bonds. The van der Waals surface area contributed by atoms with E-state index in [1.54, 1.807) is 24.3 Å². The summed E-state index contributed by atoms with van der Waals surface area (Å²) in [6, 6.07) is 6.50. The Hall–Kier alpha value is -2.17. The molecule has 1 aromatic carbocycles. The third-order valence-electron chi connectivity index (χ3n) is 2.62. The van der Waals surface area contributed by atoms with Crippen molar-refractivity contribution in [2.24, 2.45) is 0 Å². The average Bonchev–Trinajstić information content (AvgIpc) is 2.38. The predicted octanol–water partition coefficient (Wildman–Crippen LogP) is 1.81. The molecule has 0 heterocycles. The van der Waals surface area contributed by atoms with Crippen LogP contribution in [0.15, 0.2) is 24.3 Å². The lowest BCUT2D eigenvalue weighted by molar-refractivity contribution is -0.125. The number of Topliss-reactive ketones (excluding diaryl/α,β-unsaturated/α-hetero) is 1. The molecule has 0 fully saturated rings. The number of carbonyl (C=O) groups excluding carboxylic acids is 3. The van der Waals surface area contributed by atoms with Crippen LogP contribution in [0.25, 0.3) is 0 Å². The van der Waals surface area contributed by atoms with Gasteiger partial charge in [-0.1, -0.05) is 0 Å². The van der Waals surface area contributed by atoms with E-state index in [0.717, 1.165) is 0 Å². The van der Waals surface area contributed by atoms with Crippen molar-refractivity contribution < 1.29 is 19.1 Å². The highest BCUT2D eigenvalue weighted by atomic mass is 16.5. The molecule has 0 bridgehead atoms.